The van der Waals surface area contributed by atoms with Gasteiger partial charge in [0, 0.05) is 23.9 Å². The Morgan fingerprint density at radius 3 is 2.95 bits per heavy atom. The minimum Gasteiger partial charge on any atom is -0.324 e. The number of halogens is 1. The first-order valence-electron chi connectivity index (χ1n) is 6.22. The van der Waals surface area contributed by atoms with Crippen molar-refractivity contribution >= 4 is 17.3 Å². The highest BCUT2D eigenvalue weighted by atomic mass is 35.5. The van der Waals surface area contributed by atoms with Gasteiger partial charge in [-0.25, -0.2) is 0 Å². The second kappa shape index (κ2) is 6.02. The normalized spacial score (nSPS) is 12.3. The first-order chi connectivity index (χ1) is 9.52. The molecule has 2 N–H and O–H groups in total. The van der Waals surface area contributed by atoms with E-state index in [2.05, 4.69) is 5.10 Å². The van der Waals surface area contributed by atoms with Crippen molar-refractivity contribution in [3.63, 3.8) is 0 Å². The highest BCUT2D eigenvalue weighted by Gasteiger charge is 2.17. The number of benzene rings is 1. The molecule has 20 heavy (non-hydrogen) atoms. The zero-order chi connectivity index (χ0) is 14.7. The molecular formula is C13H15ClN4O2. The first-order valence-corrected chi connectivity index (χ1v) is 6.60. The summed E-state index contributed by atoms with van der Waals surface area (Å²) in [5.41, 5.74) is 7.26. The quantitative estimate of drug-likeness (QED) is 0.678. The molecule has 0 fully saturated rings. The molecule has 2 aromatic rings. The molecule has 0 aliphatic heterocycles. The van der Waals surface area contributed by atoms with E-state index in [4.69, 9.17) is 17.3 Å². The standard InChI is InChI=1S/C13H15ClN4O2/c1-2-12(15)9-6-16-17(7-9)8-10-11(14)4-3-5-13(10)18(19)20/h3-7,12H,2,8,15H2,1H3. The van der Waals surface area contributed by atoms with Crippen LogP contribution in [-0.4, -0.2) is 14.7 Å². The van der Waals surface area contributed by atoms with Gasteiger partial charge in [-0.2, -0.15) is 5.10 Å². The average Bonchev–Trinajstić information content (AvgIpc) is 2.88. The monoisotopic (exact) mass is 294 g/mol. The summed E-state index contributed by atoms with van der Waals surface area (Å²) in [5, 5.41) is 15.6. The Kier molecular flexibility index (Phi) is 4.36. The molecule has 1 atom stereocenters. The van der Waals surface area contributed by atoms with Gasteiger partial charge in [0.25, 0.3) is 5.69 Å². The van der Waals surface area contributed by atoms with E-state index in [1.54, 1.807) is 29.2 Å². The van der Waals surface area contributed by atoms with E-state index in [0.717, 1.165) is 12.0 Å². The fourth-order valence-corrected chi connectivity index (χ4v) is 2.16. The molecule has 6 nitrogen and oxygen atoms in total. The molecule has 106 valence electrons. The molecule has 0 amide bonds. The third kappa shape index (κ3) is 2.97. The Balaban J connectivity index is 2.30. The second-order valence-electron chi connectivity index (χ2n) is 4.48. The third-order valence-corrected chi connectivity index (χ3v) is 3.49. The van der Waals surface area contributed by atoms with Crippen molar-refractivity contribution in [3.8, 4) is 0 Å². The molecule has 1 heterocycles. The summed E-state index contributed by atoms with van der Waals surface area (Å²) in [7, 11) is 0. The molecule has 0 saturated heterocycles. The number of hydrogen-bond donors (Lipinski definition) is 1. The van der Waals surface area contributed by atoms with Gasteiger partial charge in [0.15, 0.2) is 0 Å². The van der Waals surface area contributed by atoms with Crippen LogP contribution < -0.4 is 5.73 Å². The van der Waals surface area contributed by atoms with Crippen LogP contribution in [0.1, 0.15) is 30.5 Å². The van der Waals surface area contributed by atoms with E-state index in [1.807, 2.05) is 6.92 Å². The molecule has 0 aliphatic rings. The Hall–Kier alpha value is -1.92. The summed E-state index contributed by atoms with van der Waals surface area (Å²) in [4.78, 5) is 10.6. The molecule has 0 aliphatic carbocycles. The lowest BCUT2D eigenvalue weighted by Gasteiger charge is -2.06. The van der Waals surface area contributed by atoms with E-state index in [9.17, 15) is 10.1 Å². The summed E-state index contributed by atoms with van der Waals surface area (Å²) >= 11 is 6.05. The van der Waals surface area contributed by atoms with Crippen LogP contribution in [0.4, 0.5) is 5.69 Å². The molecule has 7 heteroatoms. The molecule has 2 rings (SSSR count). The van der Waals surface area contributed by atoms with E-state index in [0.29, 0.717) is 10.6 Å². The van der Waals surface area contributed by atoms with Crippen LogP contribution in [-0.2, 0) is 6.54 Å². The van der Waals surface area contributed by atoms with E-state index >= 15 is 0 Å². The number of nitro groups is 1. The lowest BCUT2D eigenvalue weighted by Crippen LogP contribution is -2.08. The van der Waals surface area contributed by atoms with Crippen molar-refractivity contribution in [2.24, 2.45) is 5.73 Å². The van der Waals surface area contributed by atoms with Crippen LogP contribution >= 0.6 is 11.6 Å². The smallest absolute Gasteiger partial charge is 0.275 e. The summed E-state index contributed by atoms with van der Waals surface area (Å²) in [6, 6.07) is 4.55. The van der Waals surface area contributed by atoms with Crippen LogP contribution in [0.5, 0.6) is 0 Å². The van der Waals surface area contributed by atoms with Gasteiger partial charge < -0.3 is 5.73 Å². The fourth-order valence-electron chi connectivity index (χ4n) is 1.93. The predicted octanol–water partition coefficient (Wildman–Crippen LogP) is 2.90. The van der Waals surface area contributed by atoms with Crippen LogP contribution in [0.3, 0.4) is 0 Å². The largest absolute Gasteiger partial charge is 0.324 e. The van der Waals surface area contributed by atoms with Gasteiger partial charge >= 0.3 is 0 Å². The lowest BCUT2D eigenvalue weighted by molar-refractivity contribution is -0.385. The van der Waals surface area contributed by atoms with E-state index in [1.165, 1.54) is 6.07 Å². The predicted molar refractivity (Wildman–Crippen MR) is 76.7 cm³/mol. The van der Waals surface area contributed by atoms with Gasteiger partial charge in [-0.15, -0.1) is 0 Å². The second-order valence-corrected chi connectivity index (χ2v) is 4.89. The van der Waals surface area contributed by atoms with Gasteiger partial charge in [-0.05, 0) is 12.5 Å². The van der Waals surface area contributed by atoms with Gasteiger partial charge in [0.05, 0.1) is 28.3 Å². The van der Waals surface area contributed by atoms with Crippen molar-refractivity contribution in [2.75, 3.05) is 0 Å². The average molecular weight is 295 g/mol. The van der Waals surface area contributed by atoms with Crippen LogP contribution in [0, 0.1) is 10.1 Å². The molecule has 0 spiro atoms. The molecule has 0 bridgehead atoms. The number of nitrogens with zero attached hydrogens (tertiary/aromatic N) is 3. The van der Waals surface area contributed by atoms with Crippen LogP contribution in [0.15, 0.2) is 30.6 Å². The summed E-state index contributed by atoms with van der Waals surface area (Å²) in [6.45, 7) is 2.23. The minimum atomic E-state index is -0.441. The Morgan fingerprint density at radius 1 is 1.55 bits per heavy atom. The minimum absolute atomic E-state index is 0.00524. The highest BCUT2D eigenvalue weighted by Crippen LogP contribution is 2.27. The van der Waals surface area contributed by atoms with E-state index in [-0.39, 0.29) is 18.3 Å². The third-order valence-electron chi connectivity index (χ3n) is 3.13. The fraction of sp³-hybridized carbons (Fsp3) is 0.308. The first kappa shape index (κ1) is 14.5. The summed E-state index contributed by atoms with van der Waals surface area (Å²) in [5.74, 6) is 0. The number of hydrogen-bond acceptors (Lipinski definition) is 4. The van der Waals surface area contributed by atoms with Crippen molar-refractivity contribution in [1.29, 1.82) is 0 Å². The number of aromatic nitrogens is 2. The molecule has 1 aromatic carbocycles. The summed E-state index contributed by atoms with van der Waals surface area (Å²) in [6.07, 6.45) is 4.27. The van der Waals surface area contributed by atoms with Crippen LogP contribution in [0.25, 0.3) is 0 Å². The number of nitrogens with two attached hydrogens (primary N) is 1. The summed E-state index contributed by atoms with van der Waals surface area (Å²) < 4.78 is 1.61. The van der Waals surface area contributed by atoms with Gasteiger partial charge in [-0.1, -0.05) is 24.6 Å². The molecule has 1 unspecified atom stereocenters. The maximum Gasteiger partial charge on any atom is 0.275 e. The van der Waals surface area contributed by atoms with Crippen molar-refractivity contribution in [3.05, 3.63) is 56.9 Å². The zero-order valence-corrected chi connectivity index (χ0v) is 11.7. The Bertz CT molecular complexity index is 627. The molecule has 0 radical (unpaired) electrons. The Labute approximate surface area is 121 Å². The topological polar surface area (TPSA) is 87.0 Å². The molecule has 0 saturated carbocycles. The van der Waals surface area contributed by atoms with Gasteiger partial charge in [0.2, 0.25) is 0 Å². The number of nitro benzene ring substituents is 1. The Morgan fingerprint density at radius 2 is 2.30 bits per heavy atom. The van der Waals surface area contributed by atoms with Crippen molar-refractivity contribution in [1.82, 2.24) is 9.78 Å². The van der Waals surface area contributed by atoms with Crippen LogP contribution in [0.2, 0.25) is 5.02 Å². The van der Waals surface area contributed by atoms with Gasteiger partial charge in [-0.3, -0.25) is 14.8 Å². The van der Waals surface area contributed by atoms with Gasteiger partial charge in [0.1, 0.15) is 0 Å². The lowest BCUT2D eigenvalue weighted by atomic mass is 10.1. The zero-order valence-electron chi connectivity index (χ0n) is 11.0. The number of rotatable bonds is 5. The SMILES string of the molecule is CCC(N)c1cnn(Cc2c(Cl)cccc2[N+](=O)[O-])c1. The molecular weight excluding hydrogens is 280 g/mol. The van der Waals surface area contributed by atoms with Crippen molar-refractivity contribution < 1.29 is 4.92 Å². The maximum atomic E-state index is 11.0. The highest BCUT2D eigenvalue weighted by molar-refractivity contribution is 6.31. The van der Waals surface area contributed by atoms with E-state index < -0.39 is 4.92 Å². The van der Waals surface area contributed by atoms with Crippen molar-refractivity contribution in [2.45, 2.75) is 25.9 Å². The molecule has 1 aromatic heterocycles. The maximum absolute atomic E-state index is 11.0.